The van der Waals surface area contributed by atoms with Gasteiger partial charge in [-0.05, 0) is 62.9 Å². The molecule has 1 N–H and O–H groups in total. The molecule has 6 nitrogen and oxygen atoms in total. The first-order chi connectivity index (χ1) is 13.8. The number of nitrogens with one attached hydrogen (secondary N) is 1. The smallest absolute Gasteiger partial charge is 0.277 e. The Balaban J connectivity index is 1.52. The van der Waals surface area contributed by atoms with Crippen LogP contribution in [0.1, 0.15) is 33.7 Å². The Labute approximate surface area is 175 Å². The van der Waals surface area contributed by atoms with E-state index in [1.807, 2.05) is 52.8 Å². The zero-order chi connectivity index (χ0) is 21.0. The lowest BCUT2D eigenvalue weighted by molar-refractivity contribution is -0.113. The van der Waals surface area contributed by atoms with Gasteiger partial charge in [0.15, 0.2) is 6.61 Å². The van der Waals surface area contributed by atoms with Crippen molar-refractivity contribution in [3.05, 3.63) is 64.0 Å². The quantitative estimate of drug-likeness (QED) is 0.556. The SMILES string of the molecule is Cc1cc(C)c(NC(=O)CSc2nnc(COc3cc(C)ccc3C)o2)c(C)c1. The van der Waals surface area contributed by atoms with Crippen molar-refractivity contribution in [3.63, 3.8) is 0 Å². The van der Waals surface area contributed by atoms with E-state index < -0.39 is 0 Å². The van der Waals surface area contributed by atoms with E-state index in [9.17, 15) is 4.79 Å². The zero-order valence-electron chi connectivity index (χ0n) is 17.3. The van der Waals surface area contributed by atoms with Gasteiger partial charge in [0.2, 0.25) is 5.91 Å². The molecule has 3 rings (SSSR count). The molecule has 152 valence electrons. The van der Waals surface area contributed by atoms with Crippen LogP contribution >= 0.6 is 11.8 Å². The molecule has 1 amide bonds. The number of ether oxygens (including phenoxy) is 1. The molecule has 7 heteroatoms. The zero-order valence-corrected chi connectivity index (χ0v) is 18.1. The lowest BCUT2D eigenvalue weighted by atomic mass is 10.1. The van der Waals surface area contributed by atoms with Crippen LogP contribution in [-0.2, 0) is 11.4 Å². The number of benzene rings is 2. The van der Waals surface area contributed by atoms with Gasteiger partial charge in [0.25, 0.3) is 11.1 Å². The van der Waals surface area contributed by atoms with Gasteiger partial charge in [0.1, 0.15) is 5.75 Å². The van der Waals surface area contributed by atoms with E-state index in [1.54, 1.807) is 0 Å². The first-order valence-corrected chi connectivity index (χ1v) is 10.3. The second-order valence-corrected chi connectivity index (χ2v) is 8.06. The van der Waals surface area contributed by atoms with Crippen molar-refractivity contribution >= 4 is 23.4 Å². The first kappa shape index (κ1) is 20.9. The van der Waals surface area contributed by atoms with Gasteiger partial charge in [-0.1, -0.05) is 41.6 Å². The molecule has 0 aliphatic rings. The van der Waals surface area contributed by atoms with E-state index in [-0.39, 0.29) is 18.3 Å². The lowest BCUT2D eigenvalue weighted by Gasteiger charge is -2.12. The standard InChI is InChI=1S/C22H25N3O3S/c1-13-6-7-15(3)18(10-13)27-11-20-24-25-22(28-20)29-12-19(26)23-21-16(4)8-14(2)9-17(21)5/h6-10H,11-12H2,1-5H3,(H,23,26). The molecule has 3 aromatic rings. The number of thioether (sulfide) groups is 1. The van der Waals surface area contributed by atoms with E-state index in [2.05, 4.69) is 27.6 Å². The van der Waals surface area contributed by atoms with Gasteiger partial charge in [0.05, 0.1) is 5.75 Å². The van der Waals surface area contributed by atoms with Crippen LogP contribution < -0.4 is 10.1 Å². The number of hydrogen-bond acceptors (Lipinski definition) is 6. The van der Waals surface area contributed by atoms with Crippen LogP contribution in [0.5, 0.6) is 5.75 Å². The molecule has 0 saturated carbocycles. The van der Waals surface area contributed by atoms with Gasteiger partial charge in [0, 0.05) is 5.69 Å². The lowest BCUT2D eigenvalue weighted by Crippen LogP contribution is -2.15. The van der Waals surface area contributed by atoms with Gasteiger partial charge >= 0.3 is 0 Å². The second-order valence-electron chi connectivity index (χ2n) is 7.13. The summed E-state index contributed by atoms with van der Waals surface area (Å²) >= 11 is 1.20. The minimum Gasteiger partial charge on any atom is -0.484 e. The summed E-state index contributed by atoms with van der Waals surface area (Å²) in [6, 6.07) is 10.1. The average molecular weight is 412 g/mol. The van der Waals surface area contributed by atoms with Crippen molar-refractivity contribution in [2.24, 2.45) is 0 Å². The molecule has 0 unspecified atom stereocenters. The molecule has 0 bridgehead atoms. The normalized spacial score (nSPS) is 10.8. The average Bonchev–Trinajstić information content (AvgIpc) is 3.11. The van der Waals surface area contributed by atoms with Crippen molar-refractivity contribution in [2.75, 3.05) is 11.1 Å². The maximum absolute atomic E-state index is 12.3. The number of nitrogens with zero attached hydrogens (tertiary/aromatic N) is 2. The third-order valence-electron chi connectivity index (χ3n) is 4.41. The fourth-order valence-electron chi connectivity index (χ4n) is 3.04. The molecule has 0 saturated heterocycles. The molecule has 0 fully saturated rings. The predicted molar refractivity (Wildman–Crippen MR) is 115 cm³/mol. The van der Waals surface area contributed by atoms with Crippen LogP contribution in [0.4, 0.5) is 5.69 Å². The Morgan fingerprint density at radius 2 is 1.72 bits per heavy atom. The minimum absolute atomic E-state index is 0.114. The Hall–Kier alpha value is -2.80. The number of aryl methyl sites for hydroxylation is 5. The summed E-state index contributed by atoms with van der Waals surface area (Å²) in [4.78, 5) is 12.3. The predicted octanol–water partition coefficient (Wildman–Crippen LogP) is 4.92. The van der Waals surface area contributed by atoms with Crippen LogP contribution in [-0.4, -0.2) is 21.9 Å². The van der Waals surface area contributed by atoms with E-state index in [4.69, 9.17) is 9.15 Å². The Kier molecular flexibility index (Phi) is 6.59. The number of aromatic nitrogens is 2. The van der Waals surface area contributed by atoms with E-state index in [0.29, 0.717) is 11.1 Å². The third kappa shape index (κ3) is 5.60. The van der Waals surface area contributed by atoms with Crippen LogP contribution in [0, 0.1) is 34.6 Å². The number of hydrogen-bond donors (Lipinski definition) is 1. The van der Waals surface area contributed by atoms with Gasteiger partial charge in [-0.3, -0.25) is 4.79 Å². The number of carbonyl (C=O) groups is 1. The Morgan fingerprint density at radius 1 is 1.00 bits per heavy atom. The summed E-state index contributed by atoms with van der Waals surface area (Å²) in [5, 5.41) is 11.3. The van der Waals surface area contributed by atoms with Crippen molar-refractivity contribution in [1.29, 1.82) is 0 Å². The number of rotatable bonds is 7. The molecular weight excluding hydrogens is 386 g/mol. The van der Waals surface area contributed by atoms with Crippen molar-refractivity contribution in [1.82, 2.24) is 10.2 Å². The molecule has 1 aromatic heterocycles. The van der Waals surface area contributed by atoms with Gasteiger partial charge in [-0.25, -0.2) is 0 Å². The third-order valence-corrected chi connectivity index (χ3v) is 5.23. The highest BCUT2D eigenvalue weighted by molar-refractivity contribution is 7.99. The first-order valence-electron chi connectivity index (χ1n) is 9.35. The number of anilines is 1. The fraction of sp³-hybridized carbons (Fsp3) is 0.318. The number of carbonyl (C=O) groups excluding carboxylic acids is 1. The molecule has 0 atom stereocenters. The summed E-state index contributed by atoms with van der Waals surface area (Å²) in [5.74, 6) is 1.24. The minimum atomic E-state index is -0.114. The number of amides is 1. The van der Waals surface area contributed by atoms with E-state index in [0.717, 1.165) is 33.7 Å². The second kappa shape index (κ2) is 9.13. The van der Waals surface area contributed by atoms with E-state index in [1.165, 1.54) is 17.3 Å². The maximum atomic E-state index is 12.3. The highest BCUT2D eigenvalue weighted by Crippen LogP contribution is 2.24. The monoisotopic (exact) mass is 411 g/mol. The molecule has 2 aromatic carbocycles. The van der Waals surface area contributed by atoms with Crippen LogP contribution in [0.2, 0.25) is 0 Å². The summed E-state index contributed by atoms with van der Waals surface area (Å²) in [5.41, 5.74) is 6.29. The molecule has 1 heterocycles. The molecule has 0 spiro atoms. The van der Waals surface area contributed by atoms with Crippen molar-refractivity contribution in [2.45, 2.75) is 46.4 Å². The summed E-state index contributed by atoms with van der Waals surface area (Å²) < 4.78 is 11.3. The van der Waals surface area contributed by atoms with Crippen molar-refractivity contribution < 1.29 is 13.9 Å². The maximum Gasteiger partial charge on any atom is 0.277 e. The molecule has 0 aliphatic carbocycles. The molecule has 0 radical (unpaired) electrons. The van der Waals surface area contributed by atoms with Crippen LogP contribution in [0.3, 0.4) is 0 Å². The largest absolute Gasteiger partial charge is 0.484 e. The topological polar surface area (TPSA) is 77.2 Å². The van der Waals surface area contributed by atoms with Gasteiger partial charge in [-0.15, -0.1) is 10.2 Å². The van der Waals surface area contributed by atoms with E-state index >= 15 is 0 Å². The summed E-state index contributed by atoms with van der Waals surface area (Å²) in [6.45, 7) is 10.2. The summed E-state index contributed by atoms with van der Waals surface area (Å²) in [7, 11) is 0. The van der Waals surface area contributed by atoms with Crippen molar-refractivity contribution in [3.8, 4) is 5.75 Å². The van der Waals surface area contributed by atoms with Gasteiger partial charge in [-0.2, -0.15) is 0 Å². The Morgan fingerprint density at radius 3 is 2.45 bits per heavy atom. The molecular formula is C22H25N3O3S. The highest BCUT2D eigenvalue weighted by atomic mass is 32.2. The van der Waals surface area contributed by atoms with Gasteiger partial charge < -0.3 is 14.5 Å². The fourth-order valence-corrected chi connectivity index (χ4v) is 3.62. The van der Waals surface area contributed by atoms with Crippen LogP contribution in [0.25, 0.3) is 0 Å². The molecule has 0 aliphatic heterocycles. The Bertz CT molecular complexity index is 1010. The summed E-state index contributed by atoms with van der Waals surface area (Å²) in [6.07, 6.45) is 0. The van der Waals surface area contributed by atoms with Crippen LogP contribution in [0.15, 0.2) is 40.0 Å². The highest BCUT2D eigenvalue weighted by Gasteiger charge is 2.13. The molecule has 29 heavy (non-hydrogen) atoms.